The molecule has 11 rings (SSSR count). The van der Waals surface area contributed by atoms with E-state index in [1.54, 1.807) is 0 Å². The fraction of sp³-hybridized carbons (Fsp3) is 0. The molecule has 0 aliphatic rings. The molecule has 11 aromatic rings. The van der Waals surface area contributed by atoms with Gasteiger partial charge in [0, 0.05) is 54.8 Å². The fourth-order valence-electron chi connectivity index (χ4n) is 8.01. The second-order valence-electron chi connectivity index (χ2n) is 13.0. The van der Waals surface area contributed by atoms with Gasteiger partial charge in [0.25, 0.3) is 0 Å². The van der Waals surface area contributed by atoms with Crippen LogP contribution in [0.4, 0.5) is 0 Å². The molecule has 7 aromatic carbocycles. The Hall–Kier alpha value is -6.98. The Morgan fingerprint density at radius 1 is 0.392 bits per heavy atom. The van der Waals surface area contributed by atoms with Crippen molar-refractivity contribution in [1.29, 1.82) is 0 Å². The molecule has 4 aromatic heterocycles. The summed E-state index contributed by atoms with van der Waals surface area (Å²) in [7, 11) is 0. The van der Waals surface area contributed by atoms with Gasteiger partial charge in [0.2, 0.25) is 0 Å². The molecule has 4 heterocycles. The molecule has 0 fully saturated rings. The summed E-state index contributed by atoms with van der Waals surface area (Å²) in [6, 6.07) is 55.4. The molecule has 5 nitrogen and oxygen atoms in total. The number of fused-ring (bicyclic) bond motifs is 12. The molecule has 0 spiro atoms. The standard InChI is InChI=1S/C46H28N4O/c1-3-13-29(14-4-1)36-27-48-37(28-47-36)30-23-25-32(26-24-30)49-38-20-10-7-17-33(38)41-42-35-19-9-12-22-40(35)51-46(42)45-43(44(41)49)34-18-8-11-21-39(34)50(45)31-15-5-2-6-16-31/h1-28H. The molecule has 5 heteroatoms. The van der Waals surface area contributed by atoms with E-state index < -0.39 is 0 Å². The zero-order valence-corrected chi connectivity index (χ0v) is 27.4. The summed E-state index contributed by atoms with van der Waals surface area (Å²) >= 11 is 0. The third kappa shape index (κ3) is 4.03. The fourth-order valence-corrected chi connectivity index (χ4v) is 8.01. The molecule has 0 amide bonds. The number of para-hydroxylation sites is 4. The second-order valence-corrected chi connectivity index (χ2v) is 13.0. The van der Waals surface area contributed by atoms with Crippen molar-refractivity contribution in [3.63, 3.8) is 0 Å². The lowest BCUT2D eigenvalue weighted by molar-refractivity contribution is 0.671. The van der Waals surface area contributed by atoms with Crippen molar-refractivity contribution >= 4 is 65.6 Å². The Morgan fingerprint density at radius 2 is 0.902 bits per heavy atom. The third-order valence-corrected chi connectivity index (χ3v) is 10.2. The monoisotopic (exact) mass is 652 g/mol. The summed E-state index contributed by atoms with van der Waals surface area (Å²) in [5.41, 5.74) is 12.2. The van der Waals surface area contributed by atoms with Gasteiger partial charge in [-0.25, -0.2) is 0 Å². The second kappa shape index (κ2) is 10.8. The van der Waals surface area contributed by atoms with Crippen LogP contribution >= 0.6 is 0 Å². The Balaban J connectivity index is 1.24. The largest absolute Gasteiger partial charge is 0.454 e. The van der Waals surface area contributed by atoms with Crippen molar-refractivity contribution in [2.75, 3.05) is 0 Å². The summed E-state index contributed by atoms with van der Waals surface area (Å²) in [6.07, 6.45) is 3.71. The van der Waals surface area contributed by atoms with Crippen LogP contribution in [0.5, 0.6) is 0 Å². The average Bonchev–Trinajstić information content (AvgIpc) is 3.87. The van der Waals surface area contributed by atoms with Gasteiger partial charge < -0.3 is 13.6 Å². The first-order chi connectivity index (χ1) is 25.3. The minimum absolute atomic E-state index is 0.836. The molecule has 0 saturated carbocycles. The lowest BCUT2D eigenvalue weighted by Crippen LogP contribution is -1.96. The number of hydrogen-bond donors (Lipinski definition) is 0. The van der Waals surface area contributed by atoms with E-state index in [0.717, 1.165) is 77.9 Å². The van der Waals surface area contributed by atoms with Crippen LogP contribution in [-0.4, -0.2) is 19.1 Å². The summed E-state index contributed by atoms with van der Waals surface area (Å²) in [5, 5.41) is 6.97. The van der Waals surface area contributed by atoms with Crippen molar-refractivity contribution < 1.29 is 4.42 Å². The van der Waals surface area contributed by atoms with E-state index in [1.807, 2.05) is 30.6 Å². The summed E-state index contributed by atoms with van der Waals surface area (Å²) in [6.45, 7) is 0. The predicted molar refractivity (Wildman–Crippen MR) is 209 cm³/mol. The van der Waals surface area contributed by atoms with Crippen LogP contribution in [0.15, 0.2) is 175 Å². The van der Waals surface area contributed by atoms with Gasteiger partial charge in [-0.15, -0.1) is 0 Å². The van der Waals surface area contributed by atoms with E-state index in [0.29, 0.717) is 0 Å². The van der Waals surface area contributed by atoms with E-state index in [-0.39, 0.29) is 0 Å². The molecule has 0 bridgehead atoms. The normalized spacial score (nSPS) is 11.9. The van der Waals surface area contributed by atoms with Crippen LogP contribution in [0.2, 0.25) is 0 Å². The van der Waals surface area contributed by atoms with E-state index in [1.165, 1.54) is 21.5 Å². The Morgan fingerprint density at radius 3 is 1.57 bits per heavy atom. The molecule has 0 aliphatic carbocycles. The molecule has 0 saturated heterocycles. The van der Waals surface area contributed by atoms with Crippen LogP contribution < -0.4 is 0 Å². The summed E-state index contributed by atoms with van der Waals surface area (Å²) < 4.78 is 11.7. The van der Waals surface area contributed by atoms with Gasteiger partial charge in [-0.2, -0.15) is 0 Å². The number of aromatic nitrogens is 4. The molecular weight excluding hydrogens is 625 g/mol. The highest BCUT2D eigenvalue weighted by molar-refractivity contribution is 6.39. The topological polar surface area (TPSA) is 48.8 Å². The highest BCUT2D eigenvalue weighted by Gasteiger charge is 2.27. The van der Waals surface area contributed by atoms with Crippen LogP contribution in [-0.2, 0) is 0 Å². The van der Waals surface area contributed by atoms with Crippen LogP contribution in [0.25, 0.3) is 99.4 Å². The Bertz CT molecular complexity index is 3100. The van der Waals surface area contributed by atoms with Crippen molar-refractivity contribution in [3.8, 4) is 33.9 Å². The van der Waals surface area contributed by atoms with E-state index in [2.05, 4.69) is 149 Å². The number of furan rings is 1. The lowest BCUT2D eigenvalue weighted by atomic mass is 10.0. The maximum atomic E-state index is 6.89. The molecule has 238 valence electrons. The molecule has 0 atom stereocenters. The minimum Gasteiger partial charge on any atom is -0.454 e. The first-order valence-corrected chi connectivity index (χ1v) is 17.2. The quantitative estimate of drug-likeness (QED) is 0.190. The number of rotatable bonds is 4. The predicted octanol–water partition coefficient (Wildman–Crippen LogP) is 11.9. The molecule has 0 radical (unpaired) electrons. The smallest absolute Gasteiger partial charge is 0.160 e. The maximum Gasteiger partial charge on any atom is 0.160 e. The van der Waals surface area contributed by atoms with Gasteiger partial charge in [-0.1, -0.05) is 115 Å². The van der Waals surface area contributed by atoms with Crippen LogP contribution in [0.1, 0.15) is 0 Å². The van der Waals surface area contributed by atoms with E-state index in [9.17, 15) is 0 Å². The first kappa shape index (κ1) is 27.9. The summed E-state index contributed by atoms with van der Waals surface area (Å²) in [5.74, 6) is 0. The van der Waals surface area contributed by atoms with Gasteiger partial charge in [-0.05, 0) is 42.5 Å². The molecule has 0 unspecified atom stereocenters. The third-order valence-electron chi connectivity index (χ3n) is 10.2. The van der Waals surface area contributed by atoms with Gasteiger partial charge in [0.15, 0.2) is 5.58 Å². The molecule has 0 aliphatic heterocycles. The minimum atomic E-state index is 0.836. The van der Waals surface area contributed by atoms with Crippen molar-refractivity contribution in [2.45, 2.75) is 0 Å². The molecular formula is C46H28N4O. The number of nitrogens with zero attached hydrogens (tertiary/aromatic N) is 4. The van der Waals surface area contributed by atoms with Crippen LogP contribution in [0.3, 0.4) is 0 Å². The highest BCUT2D eigenvalue weighted by atomic mass is 16.3. The highest BCUT2D eigenvalue weighted by Crippen LogP contribution is 2.49. The van der Waals surface area contributed by atoms with Crippen molar-refractivity contribution in [2.24, 2.45) is 0 Å². The van der Waals surface area contributed by atoms with Gasteiger partial charge in [0.05, 0.1) is 45.8 Å². The van der Waals surface area contributed by atoms with E-state index >= 15 is 0 Å². The molecule has 51 heavy (non-hydrogen) atoms. The van der Waals surface area contributed by atoms with Crippen LogP contribution in [0, 0.1) is 0 Å². The van der Waals surface area contributed by atoms with Gasteiger partial charge >= 0.3 is 0 Å². The average molecular weight is 653 g/mol. The first-order valence-electron chi connectivity index (χ1n) is 17.2. The maximum absolute atomic E-state index is 6.89. The molecule has 0 N–H and O–H groups in total. The Labute approximate surface area is 292 Å². The van der Waals surface area contributed by atoms with E-state index in [4.69, 9.17) is 14.4 Å². The van der Waals surface area contributed by atoms with Crippen molar-refractivity contribution in [1.82, 2.24) is 19.1 Å². The SMILES string of the molecule is c1ccc(-c2cnc(-c3ccc(-n4c5ccccc5c5c6c7ccccc7oc6c6c(c7ccccc7n6-c6ccccc6)c54)cc3)cn2)cc1. The van der Waals surface area contributed by atoms with Crippen molar-refractivity contribution in [3.05, 3.63) is 170 Å². The lowest BCUT2D eigenvalue weighted by Gasteiger charge is -2.11. The Kier molecular flexibility index (Phi) is 5.89. The van der Waals surface area contributed by atoms with Gasteiger partial charge in [0.1, 0.15) is 5.58 Å². The zero-order valence-electron chi connectivity index (χ0n) is 27.4. The number of hydrogen-bond acceptors (Lipinski definition) is 3. The number of benzene rings is 7. The van der Waals surface area contributed by atoms with Gasteiger partial charge in [-0.3, -0.25) is 9.97 Å². The summed E-state index contributed by atoms with van der Waals surface area (Å²) in [4.78, 5) is 9.54. The zero-order chi connectivity index (χ0) is 33.5.